The molecule has 1 fully saturated rings. The molecule has 6 nitrogen and oxygen atoms in total. The Balaban J connectivity index is 1.25. The van der Waals surface area contributed by atoms with Crippen molar-refractivity contribution in [3.05, 3.63) is 60.2 Å². The highest BCUT2D eigenvalue weighted by Crippen LogP contribution is 2.19. The first kappa shape index (κ1) is 24.1. The molecule has 0 spiro atoms. The van der Waals surface area contributed by atoms with Gasteiger partial charge in [0.05, 0.1) is 19.7 Å². The van der Waals surface area contributed by atoms with Crippen molar-refractivity contribution < 1.29 is 14.3 Å². The van der Waals surface area contributed by atoms with Gasteiger partial charge in [-0.2, -0.15) is 0 Å². The number of benzene rings is 2. The molecular formula is C26H37N3O3. The monoisotopic (exact) mass is 439 g/mol. The lowest BCUT2D eigenvalue weighted by Crippen LogP contribution is -2.43. The highest BCUT2D eigenvalue weighted by Gasteiger charge is 2.21. The van der Waals surface area contributed by atoms with Gasteiger partial charge in [-0.1, -0.05) is 30.3 Å². The van der Waals surface area contributed by atoms with Crippen LogP contribution in [0.5, 0.6) is 11.5 Å². The summed E-state index contributed by atoms with van der Waals surface area (Å²) in [6, 6.07) is 18.2. The van der Waals surface area contributed by atoms with E-state index >= 15 is 0 Å². The molecule has 0 aromatic heterocycles. The number of carbonyl (C=O) groups is 1. The molecule has 32 heavy (non-hydrogen) atoms. The zero-order valence-corrected chi connectivity index (χ0v) is 19.5. The largest absolute Gasteiger partial charge is 0.494 e. The average molecular weight is 440 g/mol. The molecule has 1 aliphatic rings. The van der Waals surface area contributed by atoms with E-state index in [2.05, 4.69) is 52.5 Å². The number of hydrogen-bond acceptors (Lipinski definition) is 5. The van der Waals surface area contributed by atoms with Crippen LogP contribution in [-0.2, 0) is 11.3 Å². The Labute approximate surface area is 192 Å². The first-order valence-corrected chi connectivity index (χ1v) is 11.7. The molecule has 0 radical (unpaired) electrons. The van der Waals surface area contributed by atoms with E-state index in [9.17, 15) is 4.79 Å². The van der Waals surface area contributed by atoms with E-state index in [1.165, 1.54) is 5.56 Å². The fraction of sp³-hybridized carbons (Fsp3) is 0.500. The number of piperidine rings is 1. The second kappa shape index (κ2) is 13.1. The maximum absolute atomic E-state index is 12.3. The molecule has 1 N–H and O–H groups in total. The van der Waals surface area contributed by atoms with E-state index in [4.69, 9.17) is 9.47 Å². The highest BCUT2D eigenvalue weighted by atomic mass is 16.5. The Morgan fingerprint density at radius 2 is 1.69 bits per heavy atom. The van der Waals surface area contributed by atoms with Crippen molar-refractivity contribution in [2.75, 3.05) is 53.0 Å². The molecular weight excluding hydrogens is 402 g/mol. The minimum Gasteiger partial charge on any atom is -0.494 e. The van der Waals surface area contributed by atoms with Crippen LogP contribution in [0.15, 0.2) is 54.6 Å². The molecule has 0 bridgehead atoms. The van der Waals surface area contributed by atoms with Crippen molar-refractivity contribution >= 4 is 5.91 Å². The molecule has 1 heterocycles. The van der Waals surface area contributed by atoms with Crippen LogP contribution in [0.3, 0.4) is 0 Å². The third kappa shape index (κ3) is 8.52. The van der Waals surface area contributed by atoms with E-state index in [1.807, 2.05) is 31.2 Å². The molecule has 3 rings (SSSR count). The van der Waals surface area contributed by atoms with E-state index in [0.29, 0.717) is 32.2 Å². The van der Waals surface area contributed by atoms with Gasteiger partial charge in [-0.3, -0.25) is 9.69 Å². The van der Waals surface area contributed by atoms with Crippen LogP contribution < -0.4 is 14.8 Å². The van der Waals surface area contributed by atoms with Crippen molar-refractivity contribution in [1.82, 2.24) is 15.1 Å². The predicted octanol–water partition coefficient (Wildman–Crippen LogP) is 3.42. The molecule has 0 unspecified atom stereocenters. The van der Waals surface area contributed by atoms with Gasteiger partial charge in [-0.25, -0.2) is 0 Å². The molecule has 1 amide bonds. The average Bonchev–Trinajstić information content (AvgIpc) is 2.80. The van der Waals surface area contributed by atoms with Crippen molar-refractivity contribution in [3.63, 3.8) is 0 Å². The summed E-state index contributed by atoms with van der Waals surface area (Å²) < 4.78 is 11.1. The fourth-order valence-electron chi connectivity index (χ4n) is 4.14. The van der Waals surface area contributed by atoms with Crippen LogP contribution in [0.1, 0.15) is 25.3 Å². The van der Waals surface area contributed by atoms with Gasteiger partial charge in [-0.05, 0) is 75.6 Å². The first-order valence-electron chi connectivity index (χ1n) is 11.7. The van der Waals surface area contributed by atoms with Gasteiger partial charge in [0, 0.05) is 13.1 Å². The zero-order chi connectivity index (χ0) is 22.6. The summed E-state index contributed by atoms with van der Waals surface area (Å²) in [4.78, 5) is 16.9. The number of nitrogens with zero attached hydrogens (tertiary/aromatic N) is 2. The molecule has 0 atom stereocenters. The normalized spacial score (nSPS) is 15.0. The molecule has 174 valence electrons. The molecule has 2 aromatic rings. The number of ether oxygens (including phenoxy) is 2. The van der Waals surface area contributed by atoms with Crippen LogP contribution >= 0.6 is 0 Å². The third-order valence-electron chi connectivity index (χ3n) is 5.77. The highest BCUT2D eigenvalue weighted by molar-refractivity contribution is 5.78. The quantitative estimate of drug-likeness (QED) is 0.514. The van der Waals surface area contributed by atoms with Crippen molar-refractivity contribution in [2.45, 2.75) is 26.3 Å². The molecule has 2 aromatic carbocycles. The van der Waals surface area contributed by atoms with Gasteiger partial charge in [-0.15, -0.1) is 0 Å². The summed E-state index contributed by atoms with van der Waals surface area (Å²) in [5.41, 5.74) is 1.36. The molecule has 0 saturated carbocycles. The number of rotatable bonds is 12. The second-order valence-corrected chi connectivity index (χ2v) is 8.50. The van der Waals surface area contributed by atoms with Gasteiger partial charge in [0.2, 0.25) is 5.91 Å². The minimum absolute atomic E-state index is 0.0694. The molecule has 6 heteroatoms. The van der Waals surface area contributed by atoms with Crippen LogP contribution in [-0.4, -0.2) is 68.7 Å². The molecule has 0 aliphatic carbocycles. The summed E-state index contributed by atoms with van der Waals surface area (Å²) in [6.45, 7) is 8.11. The van der Waals surface area contributed by atoms with E-state index in [0.717, 1.165) is 50.5 Å². The zero-order valence-electron chi connectivity index (χ0n) is 19.5. The number of likely N-dealkylation sites (tertiary alicyclic amines) is 1. The van der Waals surface area contributed by atoms with Crippen molar-refractivity contribution in [3.8, 4) is 11.5 Å². The van der Waals surface area contributed by atoms with Crippen LogP contribution in [0.25, 0.3) is 0 Å². The van der Waals surface area contributed by atoms with Crippen LogP contribution in [0, 0.1) is 5.92 Å². The molecule has 1 saturated heterocycles. The van der Waals surface area contributed by atoms with Gasteiger partial charge in [0.25, 0.3) is 0 Å². The third-order valence-corrected chi connectivity index (χ3v) is 5.77. The van der Waals surface area contributed by atoms with Crippen LogP contribution in [0.4, 0.5) is 0 Å². The number of carbonyl (C=O) groups excluding carboxylic acids is 1. The Morgan fingerprint density at radius 3 is 2.34 bits per heavy atom. The van der Waals surface area contributed by atoms with E-state index in [1.54, 1.807) is 0 Å². The molecule has 1 aliphatic heterocycles. The standard InChI is InChI=1S/C26H37N3O3/c1-3-31-24-9-11-25(12-10-24)32-18-15-27-26(30)21-29-16-13-23(14-17-29)20-28(2)19-22-7-5-4-6-8-22/h4-12,23H,3,13-21H2,1-2H3,(H,27,30). The van der Waals surface area contributed by atoms with E-state index < -0.39 is 0 Å². The Hall–Kier alpha value is -2.57. The van der Waals surface area contributed by atoms with Gasteiger partial charge >= 0.3 is 0 Å². The summed E-state index contributed by atoms with van der Waals surface area (Å²) in [7, 11) is 2.20. The second-order valence-electron chi connectivity index (χ2n) is 8.50. The maximum Gasteiger partial charge on any atom is 0.234 e. The lowest BCUT2D eigenvalue weighted by Gasteiger charge is -2.33. The van der Waals surface area contributed by atoms with Gasteiger partial charge in [0.1, 0.15) is 18.1 Å². The number of hydrogen-bond donors (Lipinski definition) is 1. The van der Waals surface area contributed by atoms with Crippen LogP contribution in [0.2, 0.25) is 0 Å². The van der Waals surface area contributed by atoms with Crippen molar-refractivity contribution in [1.29, 1.82) is 0 Å². The Kier molecular flexibility index (Phi) is 9.85. The maximum atomic E-state index is 12.3. The smallest absolute Gasteiger partial charge is 0.234 e. The lowest BCUT2D eigenvalue weighted by molar-refractivity contribution is -0.122. The summed E-state index contributed by atoms with van der Waals surface area (Å²) in [6.07, 6.45) is 2.29. The Morgan fingerprint density at radius 1 is 1.03 bits per heavy atom. The van der Waals surface area contributed by atoms with E-state index in [-0.39, 0.29) is 5.91 Å². The topological polar surface area (TPSA) is 54.0 Å². The summed E-state index contributed by atoms with van der Waals surface area (Å²) >= 11 is 0. The summed E-state index contributed by atoms with van der Waals surface area (Å²) in [5, 5.41) is 2.96. The van der Waals surface area contributed by atoms with Crippen molar-refractivity contribution in [2.24, 2.45) is 5.92 Å². The summed E-state index contributed by atoms with van der Waals surface area (Å²) in [5.74, 6) is 2.38. The fourth-order valence-corrected chi connectivity index (χ4v) is 4.14. The minimum atomic E-state index is 0.0694. The predicted molar refractivity (Wildman–Crippen MR) is 128 cm³/mol. The lowest BCUT2D eigenvalue weighted by atomic mass is 9.96. The van der Waals surface area contributed by atoms with Gasteiger partial charge in [0.15, 0.2) is 0 Å². The SMILES string of the molecule is CCOc1ccc(OCCNC(=O)CN2CCC(CN(C)Cc3ccccc3)CC2)cc1. The number of amides is 1. The van der Waals surface area contributed by atoms with Gasteiger partial charge < -0.3 is 19.7 Å². The Bertz CT molecular complexity index is 790. The first-order chi connectivity index (χ1) is 15.6. The number of nitrogens with one attached hydrogen (secondary N) is 1.